The van der Waals surface area contributed by atoms with Gasteiger partial charge in [0.25, 0.3) is 0 Å². The van der Waals surface area contributed by atoms with Crippen LogP contribution in [0.2, 0.25) is 0 Å². The molecule has 2 rings (SSSR count). The first kappa shape index (κ1) is 12.4. The Kier molecular flexibility index (Phi) is 4.40. The molecular formula is C14H22N2O. The topological polar surface area (TPSA) is 24.5 Å². The lowest BCUT2D eigenvalue weighted by molar-refractivity contribution is 0.0357. The van der Waals surface area contributed by atoms with Crippen molar-refractivity contribution in [3.63, 3.8) is 0 Å². The van der Waals surface area contributed by atoms with Crippen molar-refractivity contribution in [2.75, 3.05) is 38.2 Å². The van der Waals surface area contributed by atoms with Crippen LogP contribution in [0.5, 0.6) is 0 Å². The van der Waals surface area contributed by atoms with Crippen LogP contribution in [0.25, 0.3) is 0 Å². The average molecular weight is 234 g/mol. The fourth-order valence-corrected chi connectivity index (χ4v) is 2.34. The quantitative estimate of drug-likeness (QED) is 0.860. The van der Waals surface area contributed by atoms with Crippen molar-refractivity contribution < 1.29 is 4.74 Å². The summed E-state index contributed by atoms with van der Waals surface area (Å²) in [6.07, 6.45) is 1.44. The van der Waals surface area contributed by atoms with Gasteiger partial charge in [-0.1, -0.05) is 18.2 Å². The molecule has 1 atom stereocenters. The molecule has 1 unspecified atom stereocenters. The Labute approximate surface area is 104 Å². The molecule has 3 heteroatoms. The molecule has 1 saturated heterocycles. The van der Waals surface area contributed by atoms with Gasteiger partial charge in [-0.2, -0.15) is 0 Å². The predicted octanol–water partition coefficient (Wildman–Crippen LogP) is 1.81. The third-order valence-corrected chi connectivity index (χ3v) is 3.31. The number of hydrogen-bond donors (Lipinski definition) is 1. The van der Waals surface area contributed by atoms with Crippen molar-refractivity contribution in [2.45, 2.75) is 19.4 Å². The fourth-order valence-electron chi connectivity index (χ4n) is 2.34. The van der Waals surface area contributed by atoms with E-state index in [1.165, 1.54) is 11.3 Å². The maximum Gasteiger partial charge on any atom is 0.0762 e. The van der Waals surface area contributed by atoms with Crippen molar-refractivity contribution in [3.05, 3.63) is 29.8 Å². The van der Waals surface area contributed by atoms with Gasteiger partial charge in [0, 0.05) is 18.8 Å². The number of nitrogens with zero attached hydrogens (tertiary/aromatic N) is 1. The van der Waals surface area contributed by atoms with Gasteiger partial charge in [-0.15, -0.1) is 0 Å². The molecule has 0 spiro atoms. The normalized spacial score (nSPS) is 20.6. The zero-order chi connectivity index (χ0) is 12.1. The second-order valence-corrected chi connectivity index (χ2v) is 4.62. The van der Waals surface area contributed by atoms with E-state index in [9.17, 15) is 0 Å². The van der Waals surface area contributed by atoms with Crippen LogP contribution in [-0.4, -0.2) is 39.4 Å². The molecule has 1 heterocycles. The average Bonchev–Trinajstić information content (AvgIpc) is 2.37. The smallest absolute Gasteiger partial charge is 0.0762 e. The molecule has 1 fully saturated rings. The molecule has 0 saturated carbocycles. The van der Waals surface area contributed by atoms with E-state index in [0.717, 1.165) is 32.7 Å². The van der Waals surface area contributed by atoms with Crippen LogP contribution in [0, 0.1) is 6.92 Å². The monoisotopic (exact) mass is 234 g/mol. The van der Waals surface area contributed by atoms with Crippen molar-refractivity contribution in [1.29, 1.82) is 0 Å². The van der Waals surface area contributed by atoms with Crippen LogP contribution in [-0.2, 0) is 4.74 Å². The first-order valence-corrected chi connectivity index (χ1v) is 6.38. The molecule has 0 radical (unpaired) electrons. The maximum absolute atomic E-state index is 5.79. The minimum absolute atomic E-state index is 0.357. The SMILES string of the molecule is CNCCC1CN(c2ccccc2C)CCO1. The third kappa shape index (κ3) is 3.20. The summed E-state index contributed by atoms with van der Waals surface area (Å²) in [7, 11) is 1.99. The van der Waals surface area contributed by atoms with Crippen LogP contribution in [0.1, 0.15) is 12.0 Å². The van der Waals surface area contributed by atoms with E-state index in [0.29, 0.717) is 6.10 Å². The second-order valence-electron chi connectivity index (χ2n) is 4.62. The van der Waals surface area contributed by atoms with Gasteiger partial charge < -0.3 is 15.0 Å². The van der Waals surface area contributed by atoms with Gasteiger partial charge in [-0.25, -0.2) is 0 Å². The molecule has 1 aromatic rings. The molecule has 94 valence electrons. The number of anilines is 1. The zero-order valence-electron chi connectivity index (χ0n) is 10.8. The van der Waals surface area contributed by atoms with Crippen LogP contribution < -0.4 is 10.2 Å². The van der Waals surface area contributed by atoms with E-state index in [4.69, 9.17) is 4.74 Å². The van der Waals surface area contributed by atoms with Gasteiger partial charge in [0.2, 0.25) is 0 Å². The van der Waals surface area contributed by atoms with E-state index in [1.807, 2.05) is 7.05 Å². The molecule has 0 bridgehead atoms. The number of aryl methyl sites for hydroxylation is 1. The van der Waals surface area contributed by atoms with Crippen LogP contribution in [0.15, 0.2) is 24.3 Å². The Morgan fingerprint density at radius 2 is 2.24 bits per heavy atom. The van der Waals surface area contributed by atoms with E-state index in [-0.39, 0.29) is 0 Å². The Morgan fingerprint density at radius 1 is 1.41 bits per heavy atom. The number of rotatable bonds is 4. The summed E-state index contributed by atoms with van der Waals surface area (Å²) in [6.45, 7) is 6.04. The Balaban J connectivity index is 1.99. The molecule has 1 aliphatic rings. The van der Waals surface area contributed by atoms with Crippen molar-refractivity contribution in [2.24, 2.45) is 0 Å². The number of morpholine rings is 1. The predicted molar refractivity (Wildman–Crippen MR) is 71.7 cm³/mol. The van der Waals surface area contributed by atoms with Gasteiger partial charge in [0.05, 0.1) is 12.7 Å². The highest BCUT2D eigenvalue weighted by Crippen LogP contribution is 2.22. The van der Waals surface area contributed by atoms with Crippen molar-refractivity contribution in [3.8, 4) is 0 Å². The summed E-state index contributed by atoms with van der Waals surface area (Å²) in [4.78, 5) is 2.44. The van der Waals surface area contributed by atoms with E-state index >= 15 is 0 Å². The summed E-state index contributed by atoms with van der Waals surface area (Å²) in [5.74, 6) is 0. The number of nitrogens with one attached hydrogen (secondary N) is 1. The van der Waals surface area contributed by atoms with Gasteiger partial charge in [-0.3, -0.25) is 0 Å². The maximum atomic E-state index is 5.79. The molecule has 0 aliphatic carbocycles. The molecule has 3 nitrogen and oxygen atoms in total. The minimum atomic E-state index is 0.357. The van der Waals surface area contributed by atoms with E-state index in [2.05, 4.69) is 41.4 Å². The summed E-state index contributed by atoms with van der Waals surface area (Å²) in [5, 5.41) is 3.18. The fraction of sp³-hybridized carbons (Fsp3) is 0.571. The molecule has 17 heavy (non-hydrogen) atoms. The van der Waals surface area contributed by atoms with E-state index in [1.54, 1.807) is 0 Å². The van der Waals surface area contributed by atoms with Gasteiger partial charge >= 0.3 is 0 Å². The highest BCUT2D eigenvalue weighted by atomic mass is 16.5. The molecule has 1 aliphatic heterocycles. The highest BCUT2D eigenvalue weighted by molar-refractivity contribution is 5.53. The summed E-state index contributed by atoms with van der Waals surface area (Å²) in [6, 6.07) is 8.58. The molecule has 0 amide bonds. The number of para-hydroxylation sites is 1. The lowest BCUT2D eigenvalue weighted by atomic mass is 10.1. The number of benzene rings is 1. The van der Waals surface area contributed by atoms with Crippen LogP contribution in [0.4, 0.5) is 5.69 Å². The number of hydrogen-bond acceptors (Lipinski definition) is 3. The Morgan fingerprint density at radius 3 is 3.00 bits per heavy atom. The largest absolute Gasteiger partial charge is 0.374 e. The molecule has 1 aromatic carbocycles. The standard InChI is InChI=1S/C14H22N2O/c1-12-5-3-4-6-14(12)16-9-10-17-13(11-16)7-8-15-2/h3-6,13,15H,7-11H2,1-2H3. The molecule has 1 N–H and O–H groups in total. The second kappa shape index (κ2) is 6.03. The Bertz CT molecular complexity index is 354. The molecule has 0 aromatic heterocycles. The van der Waals surface area contributed by atoms with Gasteiger partial charge in [0.1, 0.15) is 0 Å². The van der Waals surface area contributed by atoms with Crippen molar-refractivity contribution >= 4 is 5.69 Å². The third-order valence-electron chi connectivity index (χ3n) is 3.31. The van der Waals surface area contributed by atoms with Gasteiger partial charge in [0.15, 0.2) is 0 Å². The first-order valence-electron chi connectivity index (χ1n) is 6.38. The van der Waals surface area contributed by atoms with Crippen LogP contribution >= 0.6 is 0 Å². The summed E-state index contributed by atoms with van der Waals surface area (Å²) < 4.78 is 5.79. The lowest BCUT2D eigenvalue weighted by Crippen LogP contribution is -2.43. The summed E-state index contributed by atoms with van der Waals surface area (Å²) >= 11 is 0. The first-order chi connectivity index (χ1) is 8.31. The zero-order valence-corrected chi connectivity index (χ0v) is 10.8. The minimum Gasteiger partial charge on any atom is -0.374 e. The van der Waals surface area contributed by atoms with Crippen molar-refractivity contribution in [1.82, 2.24) is 5.32 Å². The summed E-state index contributed by atoms with van der Waals surface area (Å²) in [5.41, 5.74) is 2.70. The molecular weight excluding hydrogens is 212 g/mol. The highest BCUT2D eigenvalue weighted by Gasteiger charge is 2.20. The number of ether oxygens (including phenoxy) is 1. The lowest BCUT2D eigenvalue weighted by Gasteiger charge is -2.35. The van der Waals surface area contributed by atoms with Crippen LogP contribution in [0.3, 0.4) is 0 Å². The Hall–Kier alpha value is -1.06. The van der Waals surface area contributed by atoms with Gasteiger partial charge in [-0.05, 0) is 38.6 Å². The van der Waals surface area contributed by atoms with E-state index < -0.39 is 0 Å².